The minimum atomic E-state index is -0.569. The number of fused-ring (bicyclic) bond motifs is 3. The Balaban J connectivity index is 1.32. The van der Waals surface area contributed by atoms with Crippen molar-refractivity contribution in [3.05, 3.63) is 66.2 Å². The summed E-state index contributed by atoms with van der Waals surface area (Å²) in [7, 11) is 1.52. The van der Waals surface area contributed by atoms with Crippen molar-refractivity contribution < 1.29 is 23.1 Å². The van der Waals surface area contributed by atoms with Crippen LogP contribution in [-0.2, 0) is 20.9 Å². The van der Waals surface area contributed by atoms with Crippen LogP contribution in [0.1, 0.15) is 5.56 Å². The number of hydrogen-bond donors (Lipinski definition) is 0. The highest BCUT2D eigenvalue weighted by molar-refractivity contribution is 8.00. The molecule has 0 bridgehead atoms. The number of thioether (sulfide) groups is 1. The number of rotatable bonds is 7. The fourth-order valence-corrected chi connectivity index (χ4v) is 3.73. The van der Waals surface area contributed by atoms with Gasteiger partial charge in [-0.25, -0.2) is 14.4 Å². The van der Waals surface area contributed by atoms with Crippen molar-refractivity contribution in [1.29, 1.82) is 0 Å². The van der Waals surface area contributed by atoms with E-state index in [4.69, 9.17) is 9.15 Å². The number of carbonyl (C=O) groups excluding carboxylic acids is 2. The van der Waals surface area contributed by atoms with Crippen LogP contribution < -0.4 is 0 Å². The van der Waals surface area contributed by atoms with E-state index in [1.165, 1.54) is 24.3 Å². The van der Waals surface area contributed by atoms with E-state index in [1.807, 2.05) is 24.3 Å². The van der Waals surface area contributed by atoms with Gasteiger partial charge in [-0.05, 0) is 18.2 Å². The lowest BCUT2D eigenvalue weighted by atomic mass is 10.2. The zero-order valence-electron chi connectivity index (χ0n) is 16.6. The monoisotopic (exact) mass is 439 g/mol. The van der Waals surface area contributed by atoms with Crippen molar-refractivity contribution in [3.63, 3.8) is 0 Å². The summed E-state index contributed by atoms with van der Waals surface area (Å²) in [6.45, 7) is -0.336. The molecule has 4 aromatic rings. The number of carbonyl (C=O) groups is 2. The van der Waals surface area contributed by atoms with Gasteiger partial charge in [-0.1, -0.05) is 42.1 Å². The number of benzene rings is 2. The summed E-state index contributed by atoms with van der Waals surface area (Å²) in [5.41, 5.74) is 2.25. The molecule has 0 aliphatic rings. The van der Waals surface area contributed by atoms with Crippen LogP contribution in [0.4, 0.5) is 4.39 Å². The Morgan fingerprint density at radius 1 is 1.13 bits per heavy atom. The van der Waals surface area contributed by atoms with Crippen molar-refractivity contribution in [2.24, 2.45) is 0 Å². The summed E-state index contributed by atoms with van der Waals surface area (Å²) in [6, 6.07) is 13.7. The average molecular weight is 439 g/mol. The van der Waals surface area contributed by atoms with E-state index in [1.54, 1.807) is 18.2 Å². The number of likely N-dealkylation sites (N-methyl/N-ethyl adjacent to an activating group) is 1. The van der Waals surface area contributed by atoms with Gasteiger partial charge in [0, 0.05) is 24.5 Å². The van der Waals surface area contributed by atoms with Crippen molar-refractivity contribution >= 4 is 45.7 Å². The summed E-state index contributed by atoms with van der Waals surface area (Å²) < 4.78 is 24.6. The highest BCUT2D eigenvalue weighted by Gasteiger charge is 2.17. The summed E-state index contributed by atoms with van der Waals surface area (Å²) in [4.78, 5) is 34.1. The van der Waals surface area contributed by atoms with Crippen LogP contribution in [0.25, 0.3) is 22.1 Å². The van der Waals surface area contributed by atoms with Crippen molar-refractivity contribution in [2.45, 2.75) is 11.6 Å². The minimum Gasteiger partial charge on any atom is -0.455 e. The van der Waals surface area contributed by atoms with Gasteiger partial charge in [-0.3, -0.25) is 9.59 Å². The van der Waals surface area contributed by atoms with Crippen LogP contribution in [0.5, 0.6) is 0 Å². The highest BCUT2D eigenvalue weighted by atomic mass is 32.2. The first kappa shape index (κ1) is 20.8. The predicted octanol–water partition coefficient (Wildman–Crippen LogP) is 3.81. The normalized spacial score (nSPS) is 11.0. The molecule has 0 saturated heterocycles. The molecule has 0 aliphatic carbocycles. The molecular formula is C22H18FN3O4S. The van der Waals surface area contributed by atoms with E-state index in [9.17, 15) is 14.0 Å². The number of ether oxygens (including phenoxy) is 1. The highest BCUT2D eigenvalue weighted by Crippen LogP contribution is 2.32. The second kappa shape index (κ2) is 9.13. The molecule has 2 aromatic carbocycles. The SMILES string of the molecule is CN(Cc1ccccc1F)C(=O)COC(=O)CSc1ncnc2c1oc1ccccc12. The average Bonchev–Trinajstić information content (AvgIpc) is 3.17. The van der Waals surface area contributed by atoms with E-state index in [0.29, 0.717) is 27.3 Å². The number of esters is 1. The molecular weight excluding hydrogens is 421 g/mol. The number of aromatic nitrogens is 2. The van der Waals surface area contributed by atoms with Gasteiger partial charge in [0.1, 0.15) is 28.3 Å². The van der Waals surface area contributed by atoms with Crippen molar-refractivity contribution in [3.8, 4) is 0 Å². The molecule has 9 heteroatoms. The first-order chi connectivity index (χ1) is 15.0. The van der Waals surface area contributed by atoms with Gasteiger partial charge in [-0.2, -0.15) is 0 Å². The van der Waals surface area contributed by atoms with Gasteiger partial charge in [0.05, 0.1) is 5.75 Å². The molecule has 4 rings (SSSR count). The van der Waals surface area contributed by atoms with Gasteiger partial charge in [0.15, 0.2) is 12.2 Å². The van der Waals surface area contributed by atoms with Crippen LogP contribution in [0.15, 0.2) is 64.3 Å². The van der Waals surface area contributed by atoms with Gasteiger partial charge in [0.25, 0.3) is 5.91 Å². The number of amides is 1. The first-order valence-electron chi connectivity index (χ1n) is 9.41. The van der Waals surface area contributed by atoms with Crippen LogP contribution >= 0.6 is 11.8 Å². The van der Waals surface area contributed by atoms with E-state index in [2.05, 4.69) is 9.97 Å². The van der Waals surface area contributed by atoms with Crippen LogP contribution in [-0.4, -0.2) is 46.2 Å². The zero-order chi connectivity index (χ0) is 21.8. The van der Waals surface area contributed by atoms with E-state index < -0.39 is 24.3 Å². The summed E-state index contributed by atoms with van der Waals surface area (Å²) in [5, 5.41) is 1.38. The standard InChI is InChI=1S/C22H18FN3O4S/c1-26(10-14-6-2-4-8-16(14)23)18(27)11-29-19(28)12-31-22-21-20(24-13-25-22)15-7-3-5-9-17(15)30-21/h2-9,13H,10-12H2,1H3. The quantitative estimate of drug-likeness (QED) is 0.246. The Morgan fingerprint density at radius 2 is 1.90 bits per heavy atom. The van der Waals surface area contributed by atoms with E-state index in [-0.39, 0.29) is 12.3 Å². The molecule has 158 valence electrons. The molecule has 0 spiro atoms. The first-order valence-corrected chi connectivity index (χ1v) is 10.4. The lowest BCUT2D eigenvalue weighted by Gasteiger charge is -2.17. The fraction of sp³-hybridized carbons (Fsp3) is 0.182. The number of para-hydroxylation sites is 1. The Morgan fingerprint density at radius 3 is 2.74 bits per heavy atom. The minimum absolute atomic E-state index is 0.0481. The summed E-state index contributed by atoms with van der Waals surface area (Å²) in [6.07, 6.45) is 1.42. The molecule has 7 nitrogen and oxygen atoms in total. The second-order valence-corrected chi connectivity index (χ2v) is 7.71. The topological polar surface area (TPSA) is 85.5 Å². The molecule has 0 aliphatic heterocycles. The Kier molecular flexibility index (Phi) is 6.13. The largest absolute Gasteiger partial charge is 0.455 e. The molecule has 0 radical (unpaired) electrons. The third-order valence-electron chi connectivity index (χ3n) is 4.60. The third-order valence-corrected chi connectivity index (χ3v) is 5.54. The molecule has 0 saturated carbocycles. The molecule has 0 N–H and O–H groups in total. The number of hydrogen-bond acceptors (Lipinski definition) is 7. The van der Waals surface area contributed by atoms with Gasteiger partial charge in [0.2, 0.25) is 0 Å². The third kappa shape index (κ3) is 4.66. The van der Waals surface area contributed by atoms with Gasteiger partial charge < -0.3 is 14.1 Å². The number of nitrogens with zero attached hydrogens (tertiary/aromatic N) is 3. The van der Waals surface area contributed by atoms with E-state index >= 15 is 0 Å². The van der Waals surface area contributed by atoms with Crippen LogP contribution in [0.2, 0.25) is 0 Å². The van der Waals surface area contributed by atoms with Crippen LogP contribution in [0.3, 0.4) is 0 Å². The fourth-order valence-electron chi connectivity index (χ4n) is 3.00. The van der Waals surface area contributed by atoms with Gasteiger partial charge in [-0.15, -0.1) is 0 Å². The number of furan rings is 1. The molecule has 0 fully saturated rings. The van der Waals surface area contributed by atoms with Crippen molar-refractivity contribution in [2.75, 3.05) is 19.4 Å². The molecule has 31 heavy (non-hydrogen) atoms. The Bertz CT molecular complexity index is 1260. The van der Waals surface area contributed by atoms with Gasteiger partial charge >= 0.3 is 5.97 Å². The maximum absolute atomic E-state index is 13.7. The molecule has 0 atom stereocenters. The van der Waals surface area contributed by atoms with Crippen LogP contribution in [0, 0.1) is 5.82 Å². The zero-order valence-corrected chi connectivity index (χ0v) is 17.4. The summed E-state index contributed by atoms with van der Waals surface area (Å²) in [5.74, 6) is -1.44. The molecule has 1 amide bonds. The smallest absolute Gasteiger partial charge is 0.316 e. The van der Waals surface area contributed by atoms with E-state index in [0.717, 1.165) is 17.1 Å². The lowest BCUT2D eigenvalue weighted by Crippen LogP contribution is -2.31. The summed E-state index contributed by atoms with van der Waals surface area (Å²) >= 11 is 1.14. The molecule has 0 unspecified atom stereocenters. The maximum Gasteiger partial charge on any atom is 0.316 e. The molecule has 2 aromatic heterocycles. The number of halogens is 1. The Hall–Kier alpha value is -3.46. The maximum atomic E-state index is 13.7. The Labute approximate surface area is 181 Å². The second-order valence-electron chi connectivity index (χ2n) is 6.75. The lowest BCUT2D eigenvalue weighted by molar-refractivity contribution is -0.149. The van der Waals surface area contributed by atoms with Crippen molar-refractivity contribution in [1.82, 2.24) is 14.9 Å². The molecule has 2 heterocycles. The predicted molar refractivity (Wildman–Crippen MR) is 114 cm³/mol.